The summed E-state index contributed by atoms with van der Waals surface area (Å²) in [5, 5.41) is 16.1. The first-order valence-corrected chi connectivity index (χ1v) is 7.81. The second-order valence-corrected chi connectivity index (χ2v) is 5.57. The van der Waals surface area contributed by atoms with Crippen LogP contribution in [0.1, 0.15) is 34.2 Å². The van der Waals surface area contributed by atoms with Gasteiger partial charge in [0.2, 0.25) is 5.82 Å². The number of nitrogens with one attached hydrogen (secondary N) is 1. The van der Waals surface area contributed by atoms with E-state index in [2.05, 4.69) is 15.2 Å². The highest BCUT2D eigenvalue weighted by molar-refractivity contribution is 6.08. The molecular weight excluding hydrogens is 323 g/mol. The summed E-state index contributed by atoms with van der Waals surface area (Å²) in [6.07, 6.45) is 6.72. The van der Waals surface area contributed by atoms with Crippen LogP contribution in [0, 0.1) is 5.82 Å². The average Bonchev–Trinajstić information content (AvgIpc) is 3.26. The van der Waals surface area contributed by atoms with Gasteiger partial charge in [-0.3, -0.25) is 9.89 Å². The summed E-state index contributed by atoms with van der Waals surface area (Å²) in [6.45, 7) is 2.48. The summed E-state index contributed by atoms with van der Waals surface area (Å²) >= 11 is 0. The van der Waals surface area contributed by atoms with Crippen LogP contribution < -0.4 is 0 Å². The van der Waals surface area contributed by atoms with Crippen molar-refractivity contribution >= 4 is 11.5 Å². The van der Waals surface area contributed by atoms with Crippen LogP contribution in [0.3, 0.4) is 0 Å². The van der Waals surface area contributed by atoms with Gasteiger partial charge in [-0.25, -0.2) is 9.37 Å². The first-order chi connectivity index (χ1) is 12.1. The number of H-pyrrole nitrogens is 1. The van der Waals surface area contributed by atoms with Crippen molar-refractivity contribution in [2.75, 3.05) is 0 Å². The van der Waals surface area contributed by atoms with E-state index in [0.717, 1.165) is 17.2 Å². The van der Waals surface area contributed by atoms with E-state index in [-0.39, 0.29) is 23.2 Å². The predicted molar refractivity (Wildman–Crippen MR) is 90.6 cm³/mol. The Hall–Kier alpha value is -3.22. The first kappa shape index (κ1) is 16.6. The lowest BCUT2D eigenvalue weighted by molar-refractivity contribution is 0.104. The van der Waals surface area contributed by atoms with Crippen LogP contribution in [-0.4, -0.2) is 30.6 Å². The molecule has 3 rings (SSSR count). The Morgan fingerprint density at radius 3 is 2.72 bits per heavy atom. The average molecular weight is 340 g/mol. The van der Waals surface area contributed by atoms with Crippen LogP contribution in [-0.2, 0) is 13.0 Å². The minimum Gasteiger partial charge on any atom is -0.504 e. The number of aliphatic hydroxyl groups is 1. The van der Waals surface area contributed by atoms with Crippen molar-refractivity contribution in [3.63, 3.8) is 0 Å². The largest absolute Gasteiger partial charge is 0.504 e. The molecule has 25 heavy (non-hydrogen) atoms. The molecule has 2 heterocycles. The quantitative estimate of drug-likeness (QED) is 0.410. The van der Waals surface area contributed by atoms with Crippen LogP contribution in [0.15, 0.2) is 49.1 Å². The Kier molecular flexibility index (Phi) is 4.74. The van der Waals surface area contributed by atoms with Crippen molar-refractivity contribution in [3.05, 3.63) is 77.4 Å². The molecular formula is C18H17FN4O2. The zero-order valence-electron chi connectivity index (χ0n) is 13.6. The van der Waals surface area contributed by atoms with Crippen molar-refractivity contribution in [1.82, 2.24) is 19.7 Å². The summed E-state index contributed by atoms with van der Waals surface area (Å²) < 4.78 is 14.9. The number of rotatable bonds is 6. The zero-order chi connectivity index (χ0) is 17.8. The third kappa shape index (κ3) is 3.82. The second-order valence-electron chi connectivity index (χ2n) is 5.57. The van der Waals surface area contributed by atoms with Gasteiger partial charge in [0.15, 0.2) is 11.5 Å². The fourth-order valence-electron chi connectivity index (χ4n) is 2.55. The molecule has 1 aromatic carbocycles. The number of ketones is 1. The lowest BCUT2D eigenvalue weighted by Crippen LogP contribution is -2.00. The summed E-state index contributed by atoms with van der Waals surface area (Å²) in [5.41, 5.74) is 2.30. The number of benzene rings is 1. The number of hydrogen-bond acceptors (Lipinski definition) is 4. The molecule has 0 aliphatic carbocycles. The summed E-state index contributed by atoms with van der Waals surface area (Å²) in [7, 11) is 0. The number of allylic oxidation sites excluding steroid dienone is 1. The minimum atomic E-state index is -0.322. The van der Waals surface area contributed by atoms with Gasteiger partial charge < -0.3 is 9.67 Å². The molecule has 0 saturated carbocycles. The van der Waals surface area contributed by atoms with Gasteiger partial charge >= 0.3 is 0 Å². The van der Waals surface area contributed by atoms with E-state index in [4.69, 9.17) is 0 Å². The summed E-state index contributed by atoms with van der Waals surface area (Å²) in [6, 6.07) is 6.22. The molecule has 0 bridgehead atoms. The smallest absolute Gasteiger partial charge is 0.215 e. The molecule has 0 spiro atoms. The van der Waals surface area contributed by atoms with Crippen molar-refractivity contribution in [1.29, 1.82) is 0 Å². The SMILES string of the molecule is CCc1cn(Cc2ccc(F)cc2)cc1C(=O)C=C(O)c1nc[nH]n1. The van der Waals surface area contributed by atoms with Gasteiger partial charge in [0.25, 0.3) is 0 Å². The first-order valence-electron chi connectivity index (χ1n) is 7.81. The van der Waals surface area contributed by atoms with Gasteiger partial charge in [-0.2, -0.15) is 5.10 Å². The molecule has 0 unspecified atom stereocenters. The predicted octanol–water partition coefficient (Wildman–Crippen LogP) is 3.14. The van der Waals surface area contributed by atoms with E-state index >= 15 is 0 Å². The van der Waals surface area contributed by atoms with E-state index in [1.165, 1.54) is 18.5 Å². The van der Waals surface area contributed by atoms with E-state index in [1.807, 2.05) is 17.7 Å². The highest BCUT2D eigenvalue weighted by Crippen LogP contribution is 2.17. The number of carbonyl (C=O) groups excluding carboxylic acids is 1. The molecule has 128 valence electrons. The Morgan fingerprint density at radius 1 is 1.32 bits per heavy atom. The summed E-state index contributed by atoms with van der Waals surface area (Å²) in [4.78, 5) is 16.3. The standard InChI is InChI=1S/C18H17FN4O2/c1-2-13-9-23(8-12-3-5-14(19)6-4-12)10-15(13)16(24)7-17(25)18-20-11-21-22-18/h3-7,9-11,25H,2,8H2,1H3,(H,20,21,22). The number of aromatic nitrogens is 4. The van der Waals surface area contributed by atoms with Crippen molar-refractivity contribution in [2.24, 2.45) is 0 Å². The number of aliphatic hydroxyl groups excluding tert-OH is 1. The van der Waals surface area contributed by atoms with Gasteiger partial charge in [0, 0.05) is 30.6 Å². The van der Waals surface area contributed by atoms with Crippen LogP contribution in [0.4, 0.5) is 4.39 Å². The van der Waals surface area contributed by atoms with Crippen LogP contribution in [0.25, 0.3) is 5.76 Å². The molecule has 0 radical (unpaired) electrons. The molecule has 0 aliphatic rings. The van der Waals surface area contributed by atoms with Gasteiger partial charge in [-0.15, -0.1) is 0 Å². The molecule has 2 aromatic heterocycles. The zero-order valence-corrected chi connectivity index (χ0v) is 13.6. The van der Waals surface area contributed by atoms with Crippen molar-refractivity contribution < 1.29 is 14.3 Å². The molecule has 2 N–H and O–H groups in total. The molecule has 6 nitrogen and oxygen atoms in total. The second kappa shape index (κ2) is 7.12. The van der Waals surface area contributed by atoms with Crippen LogP contribution >= 0.6 is 0 Å². The molecule has 0 atom stereocenters. The lowest BCUT2D eigenvalue weighted by atomic mass is 10.1. The Morgan fingerprint density at radius 2 is 2.08 bits per heavy atom. The van der Waals surface area contributed by atoms with Gasteiger partial charge in [0.1, 0.15) is 12.1 Å². The third-order valence-electron chi connectivity index (χ3n) is 3.80. The fraction of sp³-hybridized carbons (Fsp3) is 0.167. The van der Waals surface area contributed by atoms with E-state index in [0.29, 0.717) is 18.5 Å². The van der Waals surface area contributed by atoms with Gasteiger partial charge in [-0.05, 0) is 29.7 Å². The van der Waals surface area contributed by atoms with Crippen molar-refractivity contribution in [2.45, 2.75) is 19.9 Å². The Bertz CT molecular complexity index is 896. The molecule has 0 fully saturated rings. The Labute approximate surface area is 143 Å². The van der Waals surface area contributed by atoms with E-state index in [1.54, 1.807) is 18.3 Å². The molecule has 0 amide bonds. The van der Waals surface area contributed by atoms with Crippen molar-refractivity contribution in [3.8, 4) is 0 Å². The maximum atomic E-state index is 13.0. The maximum Gasteiger partial charge on any atom is 0.215 e. The van der Waals surface area contributed by atoms with E-state index in [9.17, 15) is 14.3 Å². The fourth-order valence-corrected chi connectivity index (χ4v) is 2.55. The normalized spacial score (nSPS) is 11.7. The number of aryl methyl sites for hydroxylation is 1. The topological polar surface area (TPSA) is 83.8 Å². The number of halogens is 1. The van der Waals surface area contributed by atoms with Gasteiger partial charge in [0.05, 0.1) is 0 Å². The maximum absolute atomic E-state index is 13.0. The number of aromatic amines is 1. The highest BCUT2D eigenvalue weighted by atomic mass is 19.1. The monoisotopic (exact) mass is 340 g/mol. The number of nitrogens with zero attached hydrogens (tertiary/aromatic N) is 3. The minimum absolute atomic E-state index is 0.0668. The molecule has 0 aliphatic heterocycles. The number of carbonyl (C=O) groups is 1. The number of hydrogen-bond donors (Lipinski definition) is 2. The lowest BCUT2D eigenvalue weighted by Gasteiger charge is -2.02. The molecule has 3 aromatic rings. The summed E-state index contributed by atoms with van der Waals surface area (Å²) in [5.74, 6) is -0.831. The Balaban J connectivity index is 1.83. The molecule has 7 heteroatoms. The van der Waals surface area contributed by atoms with E-state index < -0.39 is 0 Å². The third-order valence-corrected chi connectivity index (χ3v) is 3.80. The van der Waals surface area contributed by atoms with Crippen LogP contribution in [0.5, 0.6) is 0 Å². The van der Waals surface area contributed by atoms with Gasteiger partial charge in [-0.1, -0.05) is 19.1 Å². The molecule has 0 saturated heterocycles. The highest BCUT2D eigenvalue weighted by Gasteiger charge is 2.14. The van der Waals surface area contributed by atoms with Crippen LogP contribution in [0.2, 0.25) is 0 Å².